The van der Waals surface area contributed by atoms with E-state index in [0.29, 0.717) is 6.54 Å². The Balaban J connectivity index is 1.38. The van der Waals surface area contributed by atoms with Gasteiger partial charge in [-0.1, -0.05) is 72.8 Å². The molecule has 2 saturated heterocycles. The van der Waals surface area contributed by atoms with Crippen molar-refractivity contribution in [2.24, 2.45) is 4.99 Å². The predicted molar refractivity (Wildman–Crippen MR) is 134 cm³/mol. The molecule has 3 aromatic rings. The van der Waals surface area contributed by atoms with Crippen LogP contribution in [0.3, 0.4) is 0 Å². The van der Waals surface area contributed by atoms with Crippen molar-refractivity contribution < 1.29 is 14.3 Å². The van der Waals surface area contributed by atoms with Gasteiger partial charge in [-0.25, -0.2) is 9.79 Å². The Morgan fingerprint density at radius 1 is 0.912 bits per heavy atom. The van der Waals surface area contributed by atoms with E-state index in [-0.39, 0.29) is 24.3 Å². The summed E-state index contributed by atoms with van der Waals surface area (Å²) in [6, 6.07) is 28.6. The summed E-state index contributed by atoms with van der Waals surface area (Å²) in [6.07, 6.45) is 0.496. The molecular formula is C29H30N2O3. The largest absolute Gasteiger partial charge is 0.444 e. The van der Waals surface area contributed by atoms with Crippen molar-refractivity contribution in [1.82, 2.24) is 4.90 Å². The fourth-order valence-corrected chi connectivity index (χ4v) is 4.70. The van der Waals surface area contributed by atoms with E-state index in [1.165, 1.54) is 0 Å². The van der Waals surface area contributed by atoms with E-state index in [0.717, 1.165) is 34.5 Å². The quantitative estimate of drug-likeness (QED) is 0.434. The van der Waals surface area contributed by atoms with Gasteiger partial charge in [0.2, 0.25) is 0 Å². The van der Waals surface area contributed by atoms with Crippen molar-refractivity contribution >= 4 is 17.5 Å². The zero-order valence-electron chi connectivity index (χ0n) is 19.8. The fraction of sp³-hybridized carbons (Fsp3) is 0.310. The van der Waals surface area contributed by atoms with Gasteiger partial charge < -0.3 is 9.47 Å². The lowest BCUT2D eigenvalue weighted by Crippen LogP contribution is -2.45. The number of benzene rings is 3. The Morgan fingerprint density at radius 2 is 1.50 bits per heavy atom. The highest BCUT2D eigenvalue weighted by Gasteiger charge is 2.49. The van der Waals surface area contributed by atoms with Gasteiger partial charge in [0.25, 0.3) is 0 Å². The molecule has 3 aromatic carbocycles. The van der Waals surface area contributed by atoms with E-state index in [4.69, 9.17) is 14.5 Å². The molecule has 2 heterocycles. The van der Waals surface area contributed by atoms with Gasteiger partial charge in [-0.05, 0) is 44.9 Å². The standard InChI is InChI=1S/C29H30N2O3/c1-29(2,3)34-28(32)31-19-24-18-25(31)27(33-24)22-14-16-23(17-15-22)30-26(20-10-6-4-7-11-20)21-12-8-5-9-13-21/h4-17,24-25,27H,18-19H2,1-3H3. The van der Waals surface area contributed by atoms with Crippen LogP contribution in [0, 0.1) is 0 Å². The van der Waals surface area contributed by atoms with E-state index in [1.807, 2.05) is 74.2 Å². The number of carbonyl (C=O) groups is 1. The number of carbonyl (C=O) groups excluding carboxylic acids is 1. The van der Waals surface area contributed by atoms with E-state index in [1.54, 1.807) is 0 Å². The first-order chi connectivity index (χ1) is 16.4. The highest BCUT2D eigenvalue weighted by atomic mass is 16.6. The molecule has 174 valence electrons. The average molecular weight is 455 g/mol. The van der Waals surface area contributed by atoms with Gasteiger partial charge in [-0.3, -0.25) is 4.90 Å². The Hall–Kier alpha value is -3.44. The number of morpholine rings is 1. The lowest BCUT2D eigenvalue weighted by atomic mass is 10.0. The highest BCUT2D eigenvalue weighted by Crippen LogP contribution is 2.43. The molecule has 2 aliphatic heterocycles. The van der Waals surface area contributed by atoms with Crippen molar-refractivity contribution in [1.29, 1.82) is 0 Å². The van der Waals surface area contributed by atoms with E-state index < -0.39 is 5.60 Å². The van der Waals surface area contributed by atoms with Crippen LogP contribution in [0.25, 0.3) is 0 Å². The molecular weight excluding hydrogens is 424 g/mol. The minimum Gasteiger partial charge on any atom is -0.444 e. The molecule has 5 heteroatoms. The molecule has 5 rings (SSSR count). The lowest BCUT2D eigenvalue weighted by molar-refractivity contribution is -0.0467. The van der Waals surface area contributed by atoms with Crippen molar-refractivity contribution in [2.75, 3.05) is 6.54 Å². The second-order valence-electron chi connectivity index (χ2n) is 9.90. The molecule has 0 aliphatic carbocycles. The number of likely N-dealkylation sites (tertiary alicyclic amines) is 1. The van der Waals surface area contributed by atoms with E-state index in [9.17, 15) is 4.79 Å². The molecule has 2 aliphatic rings. The summed E-state index contributed by atoms with van der Waals surface area (Å²) < 4.78 is 11.9. The number of hydrogen-bond acceptors (Lipinski definition) is 4. The summed E-state index contributed by atoms with van der Waals surface area (Å²) in [6.45, 7) is 6.28. The Labute approximate surface area is 201 Å². The Kier molecular flexibility index (Phi) is 5.96. The number of nitrogens with zero attached hydrogens (tertiary/aromatic N) is 2. The molecule has 0 radical (unpaired) electrons. The number of ether oxygens (including phenoxy) is 2. The van der Waals surface area contributed by atoms with Crippen molar-refractivity contribution in [3.05, 3.63) is 102 Å². The minimum atomic E-state index is -0.510. The molecule has 0 saturated carbocycles. The first-order valence-corrected chi connectivity index (χ1v) is 11.8. The highest BCUT2D eigenvalue weighted by molar-refractivity contribution is 6.13. The normalized spacial score (nSPS) is 21.4. The number of amides is 1. The van der Waals surface area contributed by atoms with Gasteiger partial charge in [-0.2, -0.15) is 0 Å². The molecule has 5 nitrogen and oxygen atoms in total. The summed E-state index contributed by atoms with van der Waals surface area (Å²) in [4.78, 5) is 19.5. The molecule has 2 fully saturated rings. The third-order valence-electron chi connectivity index (χ3n) is 6.18. The van der Waals surface area contributed by atoms with Gasteiger partial charge in [0, 0.05) is 11.1 Å². The molecule has 2 bridgehead atoms. The molecule has 3 unspecified atom stereocenters. The first-order valence-electron chi connectivity index (χ1n) is 11.8. The third-order valence-corrected chi connectivity index (χ3v) is 6.18. The third kappa shape index (κ3) is 4.75. The second kappa shape index (κ2) is 9.07. The average Bonchev–Trinajstić information content (AvgIpc) is 3.45. The molecule has 0 spiro atoms. The van der Waals surface area contributed by atoms with Crippen molar-refractivity contribution in [3.8, 4) is 0 Å². The number of aliphatic imine (C=N–C) groups is 1. The van der Waals surface area contributed by atoms with E-state index >= 15 is 0 Å². The molecule has 34 heavy (non-hydrogen) atoms. The monoisotopic (exact) mass is 454 g/mol. The maximum absolute atomic E-state index is 12.7. The summed E-state index contributed by atoms with van der Waals surface area (Å²) in [5.74, 6) is 0. The maximum Gasteiger partial charge on any atom is 0.410 e. The van der Waals surface area contributed by atoms with Crippen LogP contribution in [0.1, 0.15) is 50.0 Å². The zero-order valence-corrected chi connectivity index (χ0v) is 19.8. The maximum atomic E-state index is 12.7. The Bertz CT molecular complexity index is 1130. The topological polar surface area (TPSA) is 51.1 Å². The van der Waals surface area contributed by atoms with Crippen LogP contribution in [0.4, 0.5) is 10.5 Å². The second-order valence-corrected chi connectivity index (χ2v) is 9.90. The fourth-order valence-electron chi connectivity index (χ4n) is 4.70. The summed E-state index contributed by atoms with van der Waals surface area (Å²) in [5, 5.41) is 0. The SMILES string of the molecule is CC(C)(C)OC(=O)N1CC2CC1C(c1ccc(N=C(c3ccccc3)c3ccccc3)cc1)O2. The van der Waals surface area contributed by atoms with Gasteiger partial charge in [0.15, 0.2) is 0 Å². The van der Waals surface area contributed by atoms with E-state index in [2.05, 4.69) is 36.4 Å². The van der Waals surface area contributed by atoms with Crippen LogP contribution < -0.4 is 0 Å². The number of hydrogen-bond donors (Lipinski definition) is 0. The summed E-state index contributed by atoms with van der Waals surface area (Å²) >= 11 is 0. The summed E-state index contributed by atoms with van der Waals surface area (Å²) in [7, 11) is 0. The molecule has 0 aromatic heterocycles. The molecule has 1 amide bonds. The van der Waals surface area contributed by atoms with Crippen LogP contribution in [-0.2, 0) is 9.47 Å². The van der Waals surface area contributed by atoms with Crippen LogP contribution in [0.5, 0.6) is 0 Å². The minimum absolute atomic E-state index is 0.00148. The van der Waals surface area contributed by atoms with Gasteiger partial charge >= 0.3 is 6.09 Å². The van der Waals surface area contributed by atoms with Crippen LogP contribution >= 0.6 is 0 Å². The molecule has 3 atom stereocenters. The first kappa shape index (κ1) is 22.4. The van der Waals surface area contributed by atoms with Crippen LogP contribution in [0.15, 0.2) is 89.9 Å². The Morgan fingerprint density at radius 3 is 2.03 bits per heavy atom. The van der Waals surface area contributed by atoms with Crippen molar-refractivity contribution in [2.45, 2.75) is 51.0 Å². The smallest absolute Gasteiger partial charge is 0.410 e. The predicted octanol–water partition coefficient (Wildman–Crippen LogP) is 6.31. The van der Waals surface area contributed by atoms with Gasteiger partial charge in [-0.15, -0.1) is 0 Å². The number of fused-ring (bicyclic) bond motifs is 2. The van der Waals surface area contributed by atoms with Gasteiger partial charge in [0.05, 0.1) is 30.1 Å². The van der Waals surface area contributed by atoms with Crippen LogP contribution in [-0.4, -0.2) is 41.0 Å². The molecule has 0 N–H and O–H groups in total. The lowest BCUT2D eigenvalue weighted by Gasteiger charge is -2.34. The zero-order chi connectivity index (χ0) is 23.7. The number of rotatable bonds is 4. The van der Waals surface area contributed by atoms with Crippen molar-refractivity contribution in [3.63, 3.8) is 0 Å². The summed E-state index contributed by atoms with van der Waals surface area (Å²) in [5.41, 5.74) is 4.49. The van der Waals surface area contributed by atoms with Gasteiger partial charge in [0.1, 0.15) is 11.7 Å². The van der Waals surface area contributed by atoms with Crippen LogP contribution in [0.2, 0.25) is 0 Å².